The van der Waals surface area contributed by atoms with Crippen LogP contribution in [0.5, 0.6) is 0 Å². The zero-order valence-corrected chi connectivity index (χ0v) is 12.2. The van der Waals surface area contributed by atoms with E-state index in [1.54, 1.807) is 0 Å². The molecule has 2 atom stereocenters. The van der Waals surface area contributed by atoms with Gasteiger partial charge >= 0.3 is 0 Å². The average molecular weight is 252 g/mol. The monoisotopic (exact) mass is 252 g/mol. The van der Waals surface area contributed by atoms with Gasteiger partial charge in [0.2, 0.25) is 5.91 Å². The Balaban J connectivity index is 1.90. The molecule has 0 aromatic rings. The quantitative estimate of drug-likeness (QED) is 0.768. The van der Waals surface area contributed by atoms with Crippen molar-refractivity contribution in [3.63, 3.8) is 0 Å². The van der Waals surface area contributed by atoms with Gasteiger partial charge in [-0.25, -0.2) is 0 Å². The fourth-order valence-electron chi connectivity index (χ4n) is 3.66. The number of carbonyl (C=O) groups is 1. The Hall–Kier alpha value is -0.570. The molecular formula is C15H28N2O. The molecule has 0 N–H and O–H groups in total. The molecule has 2 saturated heterocycles. The molecule has 0 unspecified atom stereocenters. The molecule has 2 fully saturated rings. The Labute approximate surface area is 112 Å². The molecule has 2 heterocycles. The number of hydrogen-bond donors (Lipinski definition) is 0. The Morgan fingerprint density at radius 2 is 1.83 bits per heavy atom. The third-order valence-electron chi connectivity index (χ3n) is 4.66. The number of nitrogens with zero attached hydrogens (tertiary/aromatic N) is 2. The molecule has 2 aliphatic heterocycles. The molecule has 0 aliphatic carbocycles. The van der Waals surface area contributed by atoms with Crippen molar-refractivity contribution in [3.8, 4) is 0 Å². The summed E-state index contributed by atoms with van der Waals surface area (Å²) in [6.45, 7) is 8.85. The first-order chi connectivity index (χ1) is 8.63. The zero-order valence-electron chi connectivity index (χ0n) is 12.2. The zero-order chi connectivity index (χ0) is 13.1. The fourth-order valence-corrected chi connectivity index (χ4v) is 3.66. The van der Waals surface area contributed by atoms with Crippen LogP contribution < -0.4 is 0 Å². The van der Waals surface area contributed by atoms with Gasteiger partial charge in [-0.1, -0.05) is 6.92 Å². The summed E-state index contributed by atoms with van der Waals surface area (Å²) < 4.78 is 0. The van der Waals surface area contributed by atoms with E-state index >= 15 is 0 Å². The molecule has 0 spiro atoms. The van der Waals surface area contributed by atoms with E-state index < -0.39 is 0 Å². The summed E-state index contributed by atoms with van der Waals surface area (Å²) in [6.07, 6.45) is 6.73. The van der Waals surface area contributed by atoms with Gasteiger partial charge in [0.15, 0.2) is 0 Å². The van der Waals surface area contributed by atoms with Crippen molar-refractivity contribution in [2.24, 2.45) is 0 Å². The number of hydrogen-bond acceptors (Lipinski definition) is 2. The first kappa shape index (κ1) is 13.9. The minimum atomic E-state index is 0.400. The highest BCUT2D eigenvalue weighted by Gasteiger charge is 2.33. The lowest BCUT2D eigenvalue weighted by Gasteiger charge is -2.30. The first-order valence-electron chi connectivity index (χ1n) is 7.68. The van der Waals surface area contributed by atoms with E-state index in [-0.39, 0.29) is 0 Å². The van der Waals surface area contributed by atoms with Gasteiger partial charge in [-0.2, -0.15) is 0 Å². The number of likely N-dealkylation sites (tertiary alicyclic amines) is 2. The maximum Gasteiger partial charge on any atom is 0.224 e. The molecule has 0 radical (unpaired) electrons. The van der Waals surface area contributed by atoms with E-state index in [1.807, 2.05) is 0 Å². The first-order valence-corrected chi connectivity index (χ1v) is 7.68. The molecule has 0 bridgehead atoms. The van der Waals surface area contributed by atoms with Crippen LogP contribution in [-0.4, -0.2) is 46.9 Å². The standard InChI is InChI=1S/C15H28N2O/c1-4-13-7-5-10-17(13)15(18)11-14-8-6-9-16(14)12(2)3/h12-14H,4-11H2,1-3H3/t13-,14+/m1/s1. The molecule has 18 heavy (non-hydrogen) atoms. The number of carbonyl (C=O) groups excluding carboxylic acids is 1. The van der Waals surface area contributed by atoms with Gasteiger partial charge in [0, 0.05) is 31.1 Å². The second-order valence-electron chi connectivity index (χ2n) is 6.12. The van der Waals surface area contributed by atoms with Crippen LogP contribution in [0, 0.1) is 0 Å². The van der Waals surface area contributed by atoms with Gasteiger partial charge in [0.05, 0.1) is 0 Å². The molecule has 2 aliphatic rings. The van der Waals surface area contributed by atoms with Crippen molar-refractivity contribution in [3.05, 3.63) is 0 Å². The minimum absolute atomic E-state index is 0.400. The largest absolute Gasteiger partial charge is 0.340 e. The molecular weight excluding hydrogens is 224 g/mol. The summed E-state index contributed by atoms with van der Waals surface area (Å²) in [7, 11) is 0. The lowest BCUT2D eigenvalue weighted by atomic mass is 10.1. The Bertz CT molecular complexity index is 290. The fraction of sp³-hybridized carbons (Fsp3) is 0.933. The second-order valence-corrected chi connectivity index (χ2v) is 6.12. The van der Waals surface area contributed by atoms with E-state index in [0.717, 1.165) is 19.4 Å². The molecule has 3 nitrogen and oxygen atoms in total. The summed E-state index contributed by atoms with van der Waals surface area (Å²) in [5.74, 6) is 0.400. The normalized spacial score (nSPS) is 29.4. The molecule has 2 rings (SSSR count). The number of rotatable bonds is 4. The van der Waals surface area contributed by atoms with Crippen LogP contribution in [0.25, 0.3) is 0 Å². The molecule has 0 saturated carbocycles. The van der Waals surface area contributed by atoms with Crippen LogP contribution in [-0.2, 0) is 4.79 Å². The van der Waals surface area contributed by atoms with Gasteiger partial charge in [-0.15, -0.1) is 0 Å². The Kier molecular flexibility index (Phi) is 4.66. The smallest absolute Gasteiger partial charge is 0.224 e. The van der Waals surface area contributed by atoms with E-state index in [4.69, 9.17) is 0 Å². The number of amides is 1. The van der Waals surface area contributed by atoms with Crippen LogP contribution in [0.3, 0.4) is 0 Å². The highest BCUT2D eigenvalue weighted by Crippen LogP contribution is 2.26. The average Bonchev–Trinajstić information content (AvgIpc) is 2.96. The topological polar surface area (TPSA) is 23.6 Å². The van der Waals surface area contributed by atoms with E-state index in [9.17, 15) is 4.79 Å². The second kappa shape index (κ2) is 6.05. The van der Waals surface area contributed by atoms with Gasteiger partial charge < -0.3 is 4.90 Å². The van der Waals surface area contributed by atoms with Crippen LogP contribution in [0.1, 0.15) is 59.3 Å². The summed E-state index contributed by atoms with van der Waals surface area (Å²) in [5, 5.41) is 0. The van der Waals surface area contributed by atoms with Crippen molar-refractivity contribution in [2.45, 2.75) is 77.4 Å². The predicted octanol–water partition coefficient (Wildman–Crippen LogP) is 2.65. The molecule has 1 amide bonds. The summed E-state index contributed by atoms with van der Waals surface area (Å²) in [4.78, 5) is 17.1. The lowest BCUT2D eigenvalue weighted by Crippen LogP contribution is -2.42. The van der Waals surface area contributed by atoms with E-state index in [0.29, 0.717) is 24.0 Å². The maximum absolute atomic E-state index is 12.4. The van der Waals surface area contributed by atoms with Crippen molar-refractivity contribution in [1.82, 2.24) is 9.80 Å². The van der Waals surface area contributed by atoms with Crippen molar-refractivity contribution < 1.29 is 4.79 Å². The van der Waals surface area contributed by atoms with Gasteiger partial charge in [0.25, 0.3) is 0 Å². The van der Waals surface area contributed by atoms with Gasteiger partial charge in [-0.3, -0.25) is 9.69 Å². The van der Waals surface area contributed by atoms with Gasteiger partial charge in [0.1, 0.15) is 0 Å². The molecule has 0 aromatic heterocycles. The highest BCUT2D eigenvalue weighted by molar-refractivity contribution is 5.77. The van der Waals surface area contributed by atoms with Crippen LogP contribution in [0.2, 0.25) is 0 Å². The van der Waals surface area contributed by atoms with Crippen molar-refractivity contribution >= 4 is 5.91 Å². The third-order valence-corrected chi connectivity index (χ3v) is 4.66. The van der Waals surface area contributed by atoms with E-state index in [2.05, 4.69) is 30.6 Å². The van der Waals surface area contributed by atoms with Crippen LogP contribution in [0.4, 0.5) is 0 Å². The maximum atomic E-state index is 12.4. The van der Waals surface area contributed by atoms with E-state index in [1.165, 1.54) is 32.2 Å². The summed E-state index contributed by atoms with van der Waals surface area (Å²) >= 11 is 0. The van der Waals surface area contributed by atoms with Crippen LogP contribution in [0.15, 0.2) is 0 Å². The SMILES string of the molecule is CC[C@@H]1CCCN1C(=O)C[C@@H]1CCCN1C(C)C. The van der Waals surface area contributed by atoms with Crippen molar-refractivity contribution in [1.29, 1.82) is 0 Å². The third kappa shape index (κ3) is 2.87. The summed E-state index contributed by atoms with van der Waals surface area (Å²) in [5.41, 5.74) is 0. The van der Waals surface area contributed by atoms with Crippen molar-refractivity contribution in [2.75, 3.05) is 13.1 Å². The lowest BCUT2D eigenvalue weighted by molar-refractivity contribution is -0.133. The highest BCUT2D eigenvalue weighted by atomic mass is 16.2. The molecule has 3 heteroatoms. The molecule has 0 aromatic carbocycles. The summed E-state index contributed by atoms with van der Waals surface area (Å²) in [6, 6.07) is 1.59. The minimum Gasteiger partial charge on any atom is -0.340 e. The van der Waals surface area contributed by atoms with Crippen LogP contribution >= 0.6 is 0 Å². The Morgan fingerprint density at radius 3 is 2.50 bits per heavy atom. The predicted molar refractivity (Wildman–Crippen MR) is 74.5 cm³/mol. The molecule has 104 valence electrons. The Morgan fingerprint density at radius 1 is 1.17 bits per heavy atom. The van der Waals surface area contributed by atoms with Gasteiger partial charge in [-0.05, 0) is 52.5 Å².